The van der Waals surface area contributed by atoms with Gasteiger partial charge in [-0.15, -0.1) is 11.3 Å². The van der Waals surface area contributed by atoms with E-state index in [1.165, 1.54) is 0 Å². The average molecular weight is 325 g/mol. The second kappa shape index (κ2) is 7.04. The molecule has 2 fully saturated rings. The van der Waals surface area contributed by atoms with E-state index in [9.17, 15) is 4.79 Å². The second-order valence-electron chi connectivity index (χ2n) is 6.19. The molecule has 1 amide bonds. The molecule has 0 aromatic carbocycles. The lowest BCUT2D eigenvalue weighted by molar-refractivity contribution is -0.136. The molecule has 0 saturated carbocycles. The Labute approximate surface area is 135 Å². The number of hydrogen-bond donors (Lipinski definition) is 0. The SMILES string of the molecule is COCC(=O)N1CCOCC2(CCN(Cc3nccs3)C2)C1. The number of amides is 1. The molecule has 0 radical (unpaired) electrons. The van der Waals surface area contributed by atoms with Gasteiger partial charge in [-0.1, -0.05) is 0 Å². The van der Waals surface area contributed by atoms with Crippen molar-refractivity contribution in [2.45, 2.75) is 13.0 Å². The van der Waals surface area contributed by atoms with Crippen LogP contribution in [0.25, 0.3) is 0 Å². The maximum Gasteiger partial charge on any atom is 0.248 e. The van der Waals surface area contributed by atoms with Crippen molar-refractivity contribution in [1.82, 2.24) is 14.8 Å². The van der Waals surface area contributed by atoms with Crippen LogP contribution in [0.4, 0.5) is 0 Å². The molecule has 6 nitrogen and oxygen atoms in total. The lowest BCUT2D eigenvalue weighted by Gasteiger charge is -2.31. The van der Waals surface area contributed by atoms with Crippen molar-refractivity contribution in [1.29, 1.82) is 0 Å². The summed E-state index contributed by atoms with van der Waals surface area (Å²) in [5.41, 5.74) is 0.0527. The maximum atomic E-state index is 12.2. The summed E-state index contributed by atoms with van der Waals surface area (Å²) in [7, 11) is 1.56. The molecule has 122 valence electrons. The van der Waals surface area contributed by atoms with Gasteiger partial charge in [0.15, 0.2) is 0 Å². The fourth-order valence-electron chi connectivity index (χ4n) is 3.35. The third-order valence-corrected chi connectivity index (χ3v) is 5.18. The van der Waals surface area contributed by atoms with Crippen LogP contribution in [-0.4, -0.2) is 73.8 Å². The van der Waals surface area contributed by atoms with Gasteiger partial charge in [-0.05, 0) is 13.0 Å². The molecule has 3 heterocycles. The first kappa shape index (κ1) is 15.9. The summed E-state index contributed by atoms with van der Waals surface area (Å²) in [5.74, 6) is 0.0609. The van der Waals surface area contributed by atoms with Crippen LogP contribution < -0.4 is 0 Å². The second-order valence-corrected chi connectivity index (χ2v) is 7.17. The van der Waals surface area contributed by atoms with E-state index in [0.717, 1.165) is 44.2 Å². The van der Waals surface area contributed by atoms with Gasteiger partial charge in [0, 0.05) is 43.7 Å². The summed E-state index contributed by atoms with van der Waals surface area (Å²) < 4.78 is 10.8. The highest BCUT2D eigenvalue weighted by Crippen LogP contribution is 2.34. The fraction of sp³-hybridized carbons (Fsp3) is 0.733. The zero-order valence-electron chi connectivity index (χ0n) is 13.0. The Bertz CT molecular complexity index is 496. The number of carbonyl (C=O) groups is 1. The molecule has 2 aliphatic heterocycles. The van der Waals surface area contributed by atoms with Crippen LogP contribution in [0.15, 0.2) is 11.6 Å². The molecule has 0 bridgehead atoms. The number of hydrogen-bond acceptors (Lipinski definition) is 6. The summed E-state index contributed by atoms with van der Waals surface area (Å²) in [6.45, 7) is 5.82. The largest absolute Gasteiger partial charge is 0.379 e. The van der Waals surface area contributed by atoms with Gasteiger partial charge in [0.25, 0.3) is 0 Å². The van der Waals surface area contributed by atoms with E-state index >= 15 is 0 Å². The van der Waals surface area contributed by atoms with Crippen LogP contribution in [0, 0.1) is 5.41 Å². The summed E-state index contributed by atoms with van der Waals surface area (Å²) in [6.07, 6.45) is 2.92. The minimum Gasteiger partial charge on any atom is -0.379 e. The first-order chi connectivity index (χ1) is 10.7. The molecule has 1 aromatic heterocycles. The van der Waals surface area contributed by atoms with Crippen molar-refractivity contribution in [3.8, 4) is 0 Å². The Balaban J connectivity index is 1.63. The lowest BCUT2D eigenvalue weighted by atomic mass is 9.87. The Morgan fingerprint density at radius 3 is 3.18 bits per heavy atom. The highest BCUT2D eigenvalue weighted by atomic mass is 32.1. The number of thiazole rings is 1. The fourth-order valence-corrected chi connectivity index (χ4v) is 4.01. The van der Waals surface area contributed by atoms with Crippen LogP contribution in [0.2, 0.25) is 0 Å². The quantitative estimate of drug-likeness (QED) is 0.821. The minimum atomic E-state index is 0.0527. The molecule has 1 aromatic rings. The van der Waals surface area contributed by atoms with Crippen LogP contribution >= 0.6 is 11.3 Å². The molecule has 2 aliphatic rings. The molecule has 1 atom stereocenters. The number of methoxy groups -OCH3 is 1. The summed E-state index contributed by atoms with van der Waals surface area (Å²) in [5, 5.41) is 3.17. The molecule has 22 heavy (non-hydrogen) atoms. The van der Waals surface area contributed by atoms with Crippen molar-refractivity contribution in [2.75, 3.05) is 53.1 Å². The van der Waals surface area contributed by atoms with Gasteiger partial charge in [-0.25, -0.2) is 4.98 Å². The minimum absolute atomic E-state index is 0.0527. The number of nitrogens with zero attached hydrogens (tertiary/aromatic N) is 3. The predicted molar refractivity (Wildman–Crippen MR) is 83.7 cm³/mol. The Hall–Kier alpha value is -1.02. The highest BCUT2D eigenvalue weighted by Gasteiger charge is 2.42. The van der Waals surface area contributed by atoms with E-state index in [-0.39, 0.29) is 17.9 Å². The topological polar surface area (TPSA) is 54.9 Å². The van der Waals surface area contributed by atoms with Gasteiger partial charge in [0.2, 0.25) is 5.91 Å². The summed E-state index contributed by atoms with van der Waals surface area (Å²) in [6, 6.07) is 0. The Kier molecular flexibility index (Phi) is 5.07. The van der Waals surface area contributed by atoms with Crippen molar-refractivity contribution < 1.29 is 14.3 Å². The normalized spacial score (nSPS) is 26.5. The van der Waals surface area contributed by atoms with Gasteiger partial charge >= 0.3 is 0 Å². The van der Waals surface area contributed by atoms with Crippen molar-refractivity contribution in [3.05, 3.63) is 16.6 Å². The van der Waals surface area contributed by atoms with Gasteiger partial charge in [-0.2, -0.15) is 0 Å². The number of carbonyl (C=O) groups excluding carboxylic acids is 1. The van der Waals surface area contributed by atoms with Gasteiger partial charge < -0.3 is 14.4 Å². The Morgan fingerprint density at radius 2 is 2.41 bits per heavy atom. The van der Waals surface area contributed by atoms with E-state index < -0.39 is 0 Å². The smallest absolute Gasteiger partial charge is 0.248 e. The van der Waals surface area contributed by atoms with Crippen LogP contribution in [0.3, 0.4) is 0 Å². The first-order valence-electron chi connectivity index (χ1n) is 7.66. The number of ether oxygens (including phenoxy) is 2. The van der Waals surface area contributed by atoms with Crippen LogP contribution in [0.5, 0.6) is 0 Å². The van der Waals surface area contributed by atoms with Gasteiger partial charge in [0.05, 0.1) is 19.8 Å². The van der Waals surface area contributed by atoms with Crippen molar-refractivity contribution >= 4 is 17.2 Å². The van der Waals surface area contributed by atoms with Gasteiger partial charge in [-0.3, -0.25) is 9.69 Å². The summed E-state index contributed by atoms with van der Waals surface area (Å²) >= 11 is 1.70. The van der Waals surface area contributed by atoms with E-state index in [1.807, 2.05) is 16.5 Å². The van der Waals surface area contributed by atoms with Gasteiger partial charge in [0.1, 0.15) is 11.6 Å². The van der Waals surface area contributed by atoms with Crippen LogP contribution in [0.1, 0.15) is 11.4 Å². The molecule has 7 heteroatoms. The molecule has 0 aliphatic carbocycles. The molecule has 3 rings (SSSR count). The van der Waals surface area contributed by atoms with Crippen molar-refractivity contribution in [3.63, 3.8) is 0 Å². The Morgan fingerprint density at radius 1 is 1.50 bits per heavy atom. The average Bonchev–Trinajstić information content (AvgIpc) is 3.08. The highest BCUT2D eigenvalue weighted by molar-refractivity contribution is 7.09. The van der Waals surface area contributed by atoms with Crippen molar-refractivity contribution in [2.24, 2.45) is 5.41 Å². The zero-order valence-corrected chi connectivity index (χ0v) is 13.8. The summed E-state index contributed by atoms with van der Waals surface area (Å²) in [4.78, 5) is 20.8. The molecule has 2 saturated heterocycles. The standard InChI is InChI=1S/C15H23N3O3S/c1-20-9-14(19)18-5-6-21-12-15(11-18)2-4-17(10-15)8-13-16-3-7-22-13/h3,7H,2,4-6,8-12H2,1H3. The van der Waals surface area contributed by atoms with Crippen LogP contribution in [-0.2, 0) is 20.8 Å². The molecular formula is C15H23N3O3S. The maximum absolute atomic E-state index is 12.2. The zero-order chi connectivity index (χ0) is 15.4. The monoisotopic (exact) mass is 325 g/mol. The third kappa shape index (κ3) is 3.65. The molecular weight excluding hydrogens is 302 g/mol. The number of aromatic nitrogens is 1. The molecule has 1 unspecified atom stereocenters. The van der Waals surface area contributed by atoms with E-state index in [1.54, 1.807) is 18.4 Å². The first-order valence-corrected chi connectivity index (χ1v) is 8.54. The van der Waals surface area contributed by atoms with E-state index in [0.29, 0.717) is 13.2 Å². The number of likely N-dealkylation sites (tertiary alicyclic amines) is 1. The third-order valence-electron chi connectivity index (χ3n) is 4.42. The predicted octanol–water partition coefficient (Wildman–Crippen LogP) is 0.840. The molecule has 1 spiro atoms. The lowest BCUT2D eigenvalue weighted by Crippen LogP contribution is -2.44. The van der Waals surface area contributed by atoms with E-state index in [4.69, 9.17) is 9.47 Å². The number of rotatable bonds is 4. The molecule has 0 N–H and O–H groups in total. The van der Waals surface area contributed by atoms with E-state index in [2.05, 4.69) is 9.88 Å².